The molecule has 0 fully saturated rings. The van der Waals surface area contributed by atoms with Gasteiger partial charge in [-0.15, -0.1) is 0 Å². The highest BCUT2D eigenvalue weighted by molar-refractivity contribution is 9.10. The summed E-state index contributed by atoms with van der Waals surface area (Å²) in [6.07, 6.45) is 0. The summed E-state index contributed by atoms with van der Waals surface area (Å²) in [5, 5.41) is 0. The molecule has 0 radical (unpaired) electrons. The molecule has 2 aromatic carbocycles. The van der Waals surface area contributed by atoms with Gasteiger partial charge in [-0.25, -0.2) is 4.98 Å². The third-order valence-corrected chi connectivity index (χ3v) is 3.34. The molecule has 84 valence electrons. The number of fused-ring (bicyclic) bond motifs is 1. The fourth-order valence-electron chi connectivity index (χ4n) is 1.78. The molecule has 0 aliphatic rings. The summed E-state index contributed by atoms with van der Waals surface area (Å²) in [6.45, 7) is 2.04. The average Bonchev–Trinajstić information content (AvgIpc) is 2.72. The third kappa shape index (κ3) is 1.87. The standard InChI is InChI=1S/C14H10BrNO/c1-9-6-7-12-13(8-9)17-14(16-12)10-4-2-3-5-11(10)15/h2-8H,1H3. The molecule has 3 aromatic rings. The molecule has 0 N–H and O–H groups in total. The average molecular weight is 288 g/mol. The van der Waals surface area contributed by atoms with E-state index in [0.29, 0.717) is 5.89 Å². The van der Waals surface area contributed by atoms with Crippen LogP contribution in [-0.4, -0.2) is 4.98 Å². The minimum atomic E-state index is 0.651. The van der Waals surface area contributed by atoms with Crippen LogP contribution in [0.1, 0.15) is 5.56 Å². The molecule has 2 nitrogen and oxygen atoms in total. The van der Waals surface area contributed by atoms with Crippen LogP contribution >= 0.6 is 15.9 Å². The number of oxazole rings is 1. The zero-order valence-electron chi connectivity index (χ0n) is 9.27. The van der Waals surface area contributed by atoms with E-state index in [1.54, 1.807) is 0 Å². The van der Waals surface area contributed by atoms with E-state index in [9.17, 15) is 0 Å². The van der Waals surface area contributed by atoms with E-state index in [-0.39, 0.29) is 0 Å². The maximum Gasteiger partial charge on any atom is 0.228 e. The molecule has 0 spiro atoms. The highest BCUT2D eigenvalue weighted by Gasteiger charge is 2.10. The van der Waals surface area contributed by atoms with E-state index in [2.05, 4.69) is 20.9 Å². The molecular weight excluding hydrogens is 278 g/mol. The minimum absolute atomic E-state index is 0.651. The summed E-state index contributed by atoms with van der Waals surface area (Å²) in [7, 11) is 0. The van der Waals surface area contributed by atoms with Crippen LogP contribution in [0.25, 0.3) is 22.6 Å². The first-order valence-corrected chi connectivity index (χ1v) is 6.15. The maximum absolute atomic E-state index is 5.77. The number of nitrogens with zero attached hydrogens (tertiary/aromatic N) is 1. The van der Waals surface area contributed by atoms with Crippen molar-refractivity contribution < 1.29 is 4.42 Å². The predicted octanol–water partition coefficient (Wildman–Crippen LogP) is 4.57. The second-order valence-electron chi connectivity index (χ2n) is 3.97. The van der Waals surface area contributed by atoms with E-state index in [4.69, 9.17) is 4.42 Å². The number of rotatable bonds is 1. The molecule has 0 aliphatic carbocycles. The van der Waals surface area contributed by atoms with Gasteiger partial charge in [-0.2, -0.15) is 0 Å². The van der Waals surface area contributed by atoms with Gasteiger partial charge in [0.1, 0.15) is 5.52 Å². The normalized spacial score (nSPS) is 10.9. The predicted molar refractivity (Wildman–Crippen MR) is 71.9 cm³/mol. The quantitative estimate of drug-likeness (QED) is 0.655. The molecule has 0 aliphatic heterocycles. The van der Waals surface area contributed by atoms with Crippen LogP contribution in [0.4, 0.5) is 0 Å². The van der Waals surface area contributed by atoms with Gasteiger partial charge in [0.2, 0.25) is 5.89 Å². The van der Waals surface area contributed by atoms with Crippen molar-refractivity contribution in [3.8, 4) is 11.5 Å². The van der Waals surface area contributed by atoms with E-state index in [0.717, 1.165) is 21.1 Å². The van der Waals surface area contributed by atoms with Crippen molar-refractivity contribution >= 4 is 27.0 Å². The Kier molecular flexibility index (Phi) is 2.48. The lowest BCUT2D eigenvalue weighted by molar-refractivity contribution is 0.619. The van der Waals surface area contributed by atoms with Gasteiger partial charge in [0, 0.05) is 4.47 Å². The summed E-state index contributed by atoms with van der Waals surface area (Å²) in [5.41, 5.74) is 3.87. The zero-order chi connectivity index (χ0) is 11.8. The lowest BCUT2D eigenvalue weighted by atomic mass is 10.2. The summed E-state index contributed by atoms with van der Waals surface area (Å²) in [5.74, 6) is 0.651. The Morgan fingerprint density at radius 2 is 1.94 bits per heavy atom. The lowest BCUT2D eigenvalue weighted by Crippen LogP contribution is -1.78. The first-order chi connectivity index (χ1) is 8.24. The second kappa shape index (κ2) is 4.00. The maximum atomic E-state index is 5.77. The largest absolute Gasteiger partial charge is 0.436 e. The Bertz CT molecular complexity index is 688. The molecule has 0 saturated heterocycles. The number of benzene rings is 2. The Balaban J connectivity index is 2.22. The first kappa shape index (κ1) is 10.5. The Morgan fingerprint density at radius 3 is 2.76 bits per heavy atom. The molecule has 0 atom stereocenters. The highest BCUT2D eigenvalue weighted by atomic mass is 79.9. The topological polar surface area (TPSA) is 26.0 Å². The van der Waals surface area contributed by atoms with E-state index >= 15 is 0 Å². The number of aromatic nitrogens is 1. The van der Waals surface area contributed by atoms with Gasteiger partial charge in [0.25, 0.3) is 0 Å². The van der Waals surface area contributed by atoms with Crippen molar-refractivity contribution in [2.75, 3.05) is 0 Å². The fraction of sp³-hybridized carbons (Fsp3) is 0.0714. The monoisotopic (exact) mass is 287 g/mol. The first-order valence-electron chi connectivity index (χ1n) is 5.36. The minimum Gasteiger partial charge on any atom is -0.436 e. The number of aryl methyl sites for hydroxylation is 1. The highest BCUT2D eigenvalue weighted by Crippen LogP contribution is 2.30. The Labute approximate surface area is 107 Å². The molecule has 0 unspecified atom stereocenters. The molecule has 1 aromatic heterocycles. The number of hydrogen-bond donors (Lipinski definition) is 0. The zero-order valence-corrected chi connectivity index (χ0v) is 10.9. The van der Waals surface area contributed by atoms with Crippen molar-refractivity contribution in [2.45, 2.75) is 6.92 Å². The summed E-state index contributed by atoms with van der Waals surface area (Å²) in [6, 6.07) is 13.9. The van der Waals surface area contributed by atoms with Crippen molar-refractivity contribution in [1.82, 2.24) is 4.98 Å². The second-order valence-corrected chi connectivity index (χ2v) is 4.82. The van der Waals surface area contributed by atoms with Gasteiger partial charge in [0.05, 0.1) is 5.56 Å². The molecule has 0 saturated carbocycles. The van der Waals surface area contributed by atoms with Gasteiger partial charge < -0.3 is 4.42 Å². The van der Waals surface area contributed by atoms with Crippen molar-refractivity contribution in [1.29, 1.82) is 0 Å². The van der Waals surface area contributed by atoms with Gasteiger partial charge in [-0.1, -0.05) is 18.2 Å². The molecule has 0 bridgehead atoms. The van der Waals surface area contributed by atoms with Crippen LogP contribution in [-0.2, 0) is 0 Å². The van der Waals surface area contributed by atoms with Crippen LogP contribution in [0.2, 0.25) is 0 Å². The summed E-state index contributed by atoms with van der Waals surface area (Å²) < 4.78 is 6.76. The summed E-state index contributed by atoms with van der Waals surface area (Å²) in [4.78, 5) is 4.49. The number of halogens is 1. The van der Waals surface area contributed by atoms with E-state index in [1.165, 1.54) is 5.56 Å². The molecular formula is C14H10BrNO. The van der Waals surface area contributed by atoms with Crippen LogP contribution in [0.15, 0.2) is 51.4 Å². The molecule has 17 heavy (non-hydrogen) atoms. The van der Waals surface area contributed by atoms with Gasteiger partial charge >= 0.3 is 0 Å². The smallest absolute Gasteiger partial charge is 0.228 e. The summed E-state index contributed by atoms with van der Waals surface area (Å²) >= 11 is 3.50. The van der Waals surface area contributed by atoms with Gasteiger partial charge in [0.15, 0.2) is 5.58 Å². The number of hydrogen-bond acceptors (Lipinski definition) is 2. The Morgan fingerprint density at radius 1 is 1.12 bits per heavy atom. The van der Waals surface area contributed by atoms with Crippen molar-refractivity contribution in [3.05, 3.63) is 52.5 Å². The van der Waals surface area contributed by atoms with Crippen LogP contribution in [0, 0.1) is 6.92 Å². The fourth-order valence-corrected chi connectivity index (χ4v) is 2.24. The third-order valence-electron chi connectivity index (χ3n) is 2.65. The molecule has 3 heteroatoms. The van der Waals surface area contributed by atoms with Gasteiger partial charge in [-0.3, -0.25) is 0 Å². The molecule has 0 amide bonds. The van der Waals surface area contributed by atoms with E-state index in [1.807, 2.05) is 49.4 Å². The van der Waals surface area contributed by atoms with Crippen molar-refractivity contribution in [2.24, 2.45) is 0 Å². The molecule has 3 rings (SSSR count). The van der Waals surface area contributed by atoms with Crippen molar-refractivity contribution in [3.63, 3.8) is 0 Å². The lowest BCUT2D eigenvalue weighted by Gasteiger charge is -1.97. The van der Waals surface area contributed by atoms with Crippen LogP contribution in [0.5, 0.6) is 0 Å². The SMILES string of the molecule is Cc1ccc2nc(-c3ccccc3Br)oc2c1. The Hall–Kier alpha value is -1.61. The van der Waals surface area contributed by atoms with Crippen LogP contribution in [0.3, 0.4) is 0 Å². The molecule has 1 heterocycles. The van der Waals surface area contributed by atoms with Crippen LogP contribution < -0.4 is 0 Å². The van der Waals surface area contributed by atoms with E-state index < -0.39 is 0 Å². The van der Waals surface area contributed by atoms with Gasteiger partial charge in [-0.05, 0) is 52.7 Å².